The highest BCUT2D eigenvalue weighted by Crippen LogP contribution is 2.13. The van der Waals surface area contributed by atoms with Crippen molar-refractivity contribution in [1.82, 2.24) is 0 Å². The molecule has 1 unspecified atom stereocenters. The van der Waals surface area contributed by atoms with Gasteiger partial charge in [-0.3, -0.25) is 14.4 Å². The molecule has 68 heavy (non-hydrogen) atoms. The Morgan fingerprint density at radius 1 is 0.309 bits per heavy atom. The number of carbonyl (C=O) groups excluding carboxylic acids is 3. The summed E-state index contributed by atoms with van der Waals surface area (Å²) in [4.78, 5) is 37.8. The Labute approximate surface area is 418 Å². The lowest BCUT2D eigenvalue weighted by atomic mass is 10.1. The van der Waals surface area contributed by atoms with Gasteiger partial charge in [0.2, 0.25) is 0 Å². The normalized spacial score (nSPS) is 13.0. The van der Waals surface area contributed by atoms with Crippen molar-refractivity contribution in [2.45, 2.75) is 239 Å². The van der Waals surface area contributed by atoms with E-state index in [-0.39, 0.29) is 37.5 Å². The van der Waals surface area contributed by atoms with E-state index in [1.54, 1.807) is 0 Å². The van der Waals surface area contributed by atoms with E-state index in [0.29, 0.717) is 19.3 Å². The average Bonchev–Trinajstić information content (AvgIpc) is 3.34. The maximum atomic E-state index is 12.8. The van der Waals surface area contributed by atoms with Crippen LogP contribution in [0.5, 0.6) is 0 Å². The van der Waals surface area contributed by atoms with Crippen molar-refractivity contribution in [2.75, 3.05) is 13.2 Å². The van der Waals surface area contributed by atoms with Crippen LogP contribution >= 0.6 is 0 Å². The quantitative estimate of drug-likeness (QED) is 0.0262. The van der Waals surface area contributed by atoms with Crippen molar-refractivity contribution in [1.29, 1.82) is 0 Å². The summed E-state index contributed by atoms with van der Waals surface area (Å²) < 4.78 is 16.7. The van der Waals surface area contributed by atoms with Gasteiger partial charge in [-0.25, -0.2) is 0 Å². The van der Waals surface area contributed by atoms with Crippen LogP contribution in [0.15, 0.2) is 122 Å². The molecule has 0 fully saturated rings. The zero-order valence-corrected chi connectivity index (χ0v) is 43.8. The number of ether oxygens (including phenoxy) is 3. The van der Waals surface area contributed by atoms with Gasteiger partial charge >= 0.3 is 17.9 Å². The predicted molar refractivity (Wildman–Crippen MR) is 293 cm³/mol. The molecule has 384 valence electrons. The number of carbonyl (C=O) groups is 3. The van der Waals surface area contributed by atoms with E-state index < -0.39 is 6.10 Å². The fourth-order valence-electron chi connectivity index (χ4n) is 7.08. The first kappa shape index (κ1) is 63.8. The van der Waals surface area contributed by atoms with Crippen LogP contribution in [0.25, 0.3) is 0 Å². The minimum absolute atomic E-state index is 0.101. The molecule has 6 heteroatoms. The number of unbranched alkanes of at least 4 members (excludes halogenated alkanes) is 17. The molecule has 0 saturated carbocycles. The van der Waals surface area contributed by atoms with E-state index in [2.05, 4.69) is 142 Å². The highest BCUT2D eigenvalue weighted by atomic mass is 16.6. The Morgan fingerprint density at radius 2 is 0.588 bits per heavy atom. The molecule has 0 radical (unpaired) electrons. The van der Waals surface area contributed by atoms with E-state index in [4.69, 9.17) is 14.2 Å². The Kier molecular flexibility index (Phi) is 52.0. The van der Waals surface area contributed by atoms with Crippen molar-refractivity contribution in [3.8, 4) is 0 Å². The van der Waals surface area contributed by atoms with Crippen LogP contribution in [0.3, 0.4) is 0 Å². The first-order chi connectivity index (χ1) is 33.5. The third kappa shape index (κ3) is 52.8. The van der Waals surface area contributed by atoms with Crippen LogP contribution in [-0.2, 0) is 28.6 Å². The minimum Gasteiger partial charge on any atom is -0.462 e. The molecule has 0 aromatic rings. The second-order valence-electron chi connectivity index (χ2n) is 17.8. The molecule has 0 spiro atoms. The number of esters is 3. The molecule has 0 bridgehead atoms. The van der Waals surface area contributed by atoms with Gasteiger partial charge in [0.25, 0.3) is 0 Å². The highest BCUT2D eigenvalue weighted by Gasteiger charge is 2.19. The smallest absolute Gasteiger partial charge is 0.306 e. The van der Waals surface area contributed by atoms with Gasteiger partial charge in [-0.05, 0) is 109 Å². The van der Waals surface area contributed by atoms with Crippen molar-refractivity contribution in [2.24, 2.45) is 0 Å². The van der Waals surface area contributed by atoms with Gasteiger partial charge in [0.05, 0.1) is 0 Å². The maximum absolute atomic E-state index is 12.8. The van der Waals surface area contributed by atoms with E-state index in [1.807, 2.05) is 0 Å². The van der Waals surface area contributed by atoms with Gasteiger partial charge < -0.3 is 14.2 Å². The van der Waals surface area contributed by atoms with Gasteiger partial charge in [0, 0.05) is 19.3 Å². The summed E-state index contributed by atoms with van der Waals surface area (Å²) in [5.74, 6) is -0.983. The molecular weight excluding hydrogens is 841 g/mol. The summed E-state index contributed by atoms with van der Waals surface area (Å²) in [6.07, 6.45) is 76.4. The van der Waals surface area contributed by atoms with Crippen molar-refractivity contribution in [3.63, 3.8) is 0 Å². The van der Waals surface area contributed by atoms with Crippen LogP contribution in [0.1, 0.15) is 233 Å². The van der Waals surface area contributed by atoms with E-state index in [1.165, 1.54) is 70.6 Å². The Morgan fingerprint density at radius 3 is 0.985 bits per heavy atom. The summed E-state index contributed by atoms with van der Waals surface area (Å²) in [6.45, 7) is 6.41. The Bertz CT molecular complexity index is 1450. The number of hydrogen-bond donors (Lipinski definition) is 0. The fourth-order valence-corrected chi connectivity index (χ4v) is 7.08. The lowest BCUT2D eigenvalue weighted by Crippen LogP contribution is -2.30. The molecule has 0 aliphatic rings. The molecule has 0 saturated heterocycles. The van der Waals surface area contributed by atoms with Crippen molar-refractivity contribution in [3.05, 3.63) is 122 Å². The second-order valence-corrected chi connectivity index (χ2v) is 17.8. The lowest BCUT2D eigenvalue weighted by Gasteiger charge is -2.18. The van der Waals surface area contributed by atoms with Crippen LogP contribution in [0, 0.1) is 0 Å². The highest BCUT2D eigenvalue weighted by molar-refractivity contribution is 5.71. The van der Waals surface area contributed by atoms with Gasteiger partial charge in [0.1, 0.15) is 13.2 Å². The molecule has 0 rings (SSSR count). The van der Waals surface area contributed by atoms with E-state index >= 15 is 0 Å². The third-order valence-corrected chi connectivity index (χ3v) is 11.2. The zero-order chi connectivity index (χ0) is 49.3. The Hall–Kier alpha value is -4.19. The van der Waals surface area contributed by atoms with Gasteiger partial charge in [-0.15, -0.1) is 0 Å². The standard InChI is InChI=1S/C62H100O6/c1-4-7-10-13-16-19-21-23-24-25-26-27-28-29-30-31-32-33-34-35-36-37-38-40-41-43-46-49-52-55-61(64)67-58-59(57-66-60(63)54-51-48-45-18-15-12-9-6-3)68-62(65)56-53-50-47-44-42-39-22-20-17-14-11-8-5-2/h7,10,16,19-20,22-24,26-27,29-30,32-33,35-36,38,40,43,46,59H,4-6,8-9,11-15,17-18,21,25,28,31,34,37,39,41-42,44-45,47-58H2,1-3H3/b10-7-,19-16-,22-20-,24-23-,27-26-,30-29-,33-32-,36-35-,40-38-,46-43-. The molecule has 0 aromatic heterocycles. The van der Waals surface area contributed by atoms with Gasteiger partial charge in [0.15, 0.2) is 6.10 Å². The molecule has 0 aliphatic heterocycles. The monoisotopic (exact) mass is 941 g/mol. The number of hydrogen-bond acceptors (Lipinski definition) is 6. The summed E-state index contributed by atoms with van der Waals surface area (Å²) in [7, 11) is 0. The largest absolute Gasteiger partial charge is 0.462 e. The predicted octanol–water partition coefficient (Wildman–Crippen LogP) is 18.5. The number of allylic oxidation sites excluding steroid dienone is 20. The zero-order valence-electron chi connectivity index (χ0n) is 43.8. The van der Waals surface area contributed by atoms with Crippen LogP contribution in [-0.4, -0.2) is 37.2 Å². The molecular formula is C62H100O6. The van der Waals surface area contributed by atoms with Crippen LogP contribution in [0.2, 0.25) is 0 Å². The third-order valence-electron chi connectivity index (χ3n) is 11.2. The van der Waals surface area contributed by atoms with E-state index in [9.17, 15) is 14.4 Å². The Balaban J connectivity index is 4.34. The lowest BCUT2D eigenvalue weighted by molar-refractivity contribution is -0.167. The topological polar surface area (TPSA) is 78.9 Å². The molecule has 6 nitrogen and oxygen atoms in total. The van der Waals surface area contributed by atoms with Crippen molar-refractivity contribution >= 4 is 17.9 Å². The molecule has 0 aromatic carbocycles. The summed E-state index contributed by atoms with van der Waals surface area (Å²) in [5.41, 5.74) is 0. The first-order valence-electron chi connectivity index (χ1n) is 27.5. The van der Waals surface area contributed by atoms with Gasteiger partial charge in [-0.1, -0.05) is 226 Å². The summed E-state index contributed by atoms with van der Waals surface area (Å²) in [6, 6.07) is 0. The van der Waals surface area contributed by atoms with E-state index in [0.717, 1.165) is 116 Å². The fraction of sp³-hybridized carbons (Fsp3) is 0.629. The first-order valence-corrected chi connectivity index (χ1v) is 27.5. The molecule has 0 heterocycles. The summed E-state index contributed by atoms with van der Waals surface area (Å²) >= 11 is 0. The van der Waals surface area contributed by atoms with Gasteiger partial charge in [-0.2, -0.15) is 0 Å². The van der Waals surface area contributed by atoms with Crippen molar-refractivity contribution < 1.29 is 28.6 Å². The van der Waals surface area contributed by atoms with Crippen LogP contribution in [0.4, 0.5) is 0 Å². The second kappa shape index (κ2) is 55.4. The summed E-state index contributed by atoms with van der Waals surface area (Å²) in [5, 5.41) is 0. The number of rotatable bonds is 48. The molecule has 1 atom stereocenters. The van der Waals surface area contributed by atoms with Crippen LogP contribution < -0.4 is 0 Å². The SMILES string of the molecule is CC/C=C\C/C=C\C/C=C\C/C=C\C/C=C\C/C=C\C/C=C\C/C=C\C/C=C\CCCC(=O)OCC(COC(=O)CCCCCCCCCC)OC(=O)CCCCCCC/C=C\CCCCCC. The average molecular weight is 941 g/mol. The molecule has 0 amide bonds. The minimum atomic E-state index is -0.805. The molecule has 0 aliphatic carbocycles. The molecule has 0 N–H and O–H groups in total. The maximum Gasteiger partial charge on any atom is 0.306 e.